The second-order valence-electron chi connectivity index (χ2n) is 5.37. The van der Waals surface area contributed by atoms with Crippen LogP contribution in [-0.2, 0) is 0 Å². The molecule has 1 aromatic rings. The van der Waals surface area contributed by atoms with Crippen LogP contribution in [0.3, 0.4) is 0 Å². The van der Waals surface area contributed by atoms with Crippen molar-refractivity contribution in [2.75, 3.05) is 7.05 Å². The Labute approximate surface area is 126 Å². The fourth-order valence-electron chi connectivity index (χ4n) is 2.66. The molecule has 2 nitrogen and oxygen atoms in total. The summed E-state index contributed by atoms with van der Waals surface area (Å²) >= 11 is 3.59. The number of rotatable bonds is 2. The summed E-state index contributed by atoms with van der Waals surface area (Å²) in [5, 5.41) is 0. The maximum Gasteiger partial charge on any atom is 0.256 e. The average molecular weight is 346 g/mol. The molecule has 0 spiro atoms. The van der Waals surface area contributed by atoms with Crippen molar-refractivity contribution in [2.45, 2.75) is 43.5 Å². The van der Waals surface area contributed by atoms with Crippen molar-refractivity contribution in [1.29, 1.82) is 0 Å². The number of alkyl halides is 1. The van der Waals surface area contributed by atoms with Gasteiger partial charge in [0.05, 0.1) is 5.56 Å². The van der Waals surface area contributed by atoms with Gasteiger partial charge in [0.15, 0.2) is 0 Å². The molecule has 1 aliphatic rings. The lowest BCUT2D eigenvalue weighted by atomic mass is 9.94. The first kappa shape index (κ1) is 15.4. The molecule has 1 aliphatic carbocycles. The van der Waals surface area contributed by atoms with E-state index in [0.717, 1.165) is 31.7 Å². The summed E-state index contributed by atoms with van der Waals surface area (Å²) < 4.78 is 27.1. The van der Waals surface area contributed by atoms with Crippen molar-refractivity contribution in [1.82, 2.24) is 4.90 Å². The van der Waals surface area contributed by atoms with Crippen molar-refractivity contribution in [3.63, 3.8) is 0 Å². The Balaban J connectivity index is 2.24. The van der Waals surface area contributed by atoms with E-state index in [0.29, 0.717) is 0 Å². The van der Waals surface area contributed by atoms with Crippen molar-refractivity contribution in [2.24, 2.45) is 0 Å². The van der Waals surface area contributed by atoms with E-state index in [2.05, 4.69) is 15.9 Å². The zero-order valence-electron chi connectivity index (χ0n) is 11.6. The average Bonchev–Trinajstić information content (AvgIpc) is 2.42. The minimum Gasteiger partial charge on any atom is -0.338 e. The van der Waals surface area contributed by atoms with Gasteiger partial charge in [-0.3, -0.25) is 4.79 Å². The van der Waals surface area contributed by atoms with Crippen LogP contribution in [0.4, 0.5) is 8.78 Å². The first-order chi connectivity index (χ1) is 9.41. The van der Waals surface area contributed by atoms with E-state index in [1.165, 1.54) is 13.0 Å². The van der Waals surface area contributed by atoms with E-state index in [1.54, 1.807) is 11.9 Å². The van der Waals surface area contributed by atoms with Crippen LogP contribution >= 0.6 is 15.9 Å². The quantitative estimate of drug-likeness (QED) is 0.740. The molecule has 1 saturated carbocycles. The van der Waals surface area contributed by atoms with Crippen LogP contribution < -0.4 is 0 Å². The van der Waals surface area contributed by atoms with Gasteiger partial charge < -0.3 is 4.90 Å². The molecule has 2 unspecified atom stereocenters. The molecule has 5 heteroatoms. The summed E-state index contributed by atoms with van der Waals surface area (Å²) in [6.07, 6.45) is 4.11. The number of hydrogen-bond donors (Lipinski definition) is 0. The summed E-state index contributed by atoms with van der Waals surface area (Å²) in [6.45, 7) is 1.53. The summed E-state index contributed by atoms with van der Waals surface area (Å²) in [5.41, 5.74) is 0.221. The Morgan fingerprint density at radius 2 is 1.90 bits per heavy atom. The van der Waals surface area contributed by atoms with Gasteiger partial charge in [-0.1, -0.05) is 28.8 Å². The maximum atomic E-state index is 13.8. The van der Waals surface area contributed by atoms with Gasteiger partial charge in [0.1, 0.15) is 11.6 Å². The molecule has 0 heterocycles. The fraction of sp³-hybridized carbons (Fsp3) is 0.533. The molecular weight excluding hydrogens is 328 g/mol. The number of halogens is 3. The SMILES string of the molecule is Cc1cc(C(=O)N(C)C2CCCCC2Br)c(F)cc1F. The number of aryl methyl sites for hydroxylation is 1. The normalized spacial score (nSPS) is 22.6. The van der Waals surface area contributed by atoms with Crippen LogP contribution in [-0.4, -0.2) is 28.7 Å². The number of nitrogens with zero attached hydrogens (tertiary/aromatic N) is 1. The van der Waals surface area contributed by atoms with Crippen molar-refractivity contribution >= 4 is 21.8 Å². The summed E-state index contributed by atoms with van der Waals surface area (Å²) in [7, 11) is 1.69. The number of amides is 1. The molecule has 0 aromatic heterocycles. The molecule has 0 N–H and O–H groups in total. The van der Waals surface area contributed by atoms with E-state index in [4.69, 9.17) is 0 Å². The van der Waals surface area contributed by atoms with Crippen molar-refractivity contribution in [3.05, 3.63) is 34.9 Å². The van der Waals surface area contributed by atoms with Crippen LogP contribution in [0.5, 0.6) is 0 Å². The molecule has 20 heavy (non-hydrogen) atoms. The predicted molar refractivity (Wildman–Crippen MR) is 78.2 cm³/mol. The zero-order valence-corrected chi connectivity index (χ0v) is 13.2. The van der Waals surface area contributed by atoms with Crippen LogP contribution in [0, 0.1) is 18.6 Å². The number of carbonyl (C=O) groups excluding carboxylic acids is 1. The van der Waals surface area contributed by atoms with E-state index < -0.39 is 11.6 Å². The molecule has 2 rings (SSSR count). The molecule has 0 aliphatic heterocycles. The molecular formula is C15H18BrF2NO. The van der Waals surface area contributed by atoms with Crippen LogP contribution in [0.15, 0.2) is 12.1 Å². The Kier molecular flexibility index (Phi) is 4.78. The molecule has 0 bridgehead atoms. The third-order valence-corrected chi connectivity index (χ3v) is 5.01. The van der Waals surface area contributed by atoms with E-state index in [1.807, 2.05) is 0 Å². The largest absolute Gasteiger partial charge is 0.338 e. The summed E-state index contributed by atoms with van der Waals surface area (Å²) in [6, 6.07) is 2.12. The number of benzene rings is 1. The maximum absolute atomic E-state index is 13.8. The Morgan fingerprint density at radius 3 is 2.55 bits per heavy atom. The smallest absolute Gasteiger partial charge is 0.256 e. The predicted octanol–water partition coefficient (Wildman–Crippen LogP) is 4.05. The topological polar surface area (TPSA) is 20.3 Å². The summed E-state index contributed by atoms with van der Waals surface area (Å²) in [4.78, 5) is 14.2. The lowest BCUT2D eigenvalue weighted by molar-refractivity contribution is 0.0700. The third kappa shape index (κ3) is 3.03. The van der Waals surface area contributed by atoms with E-state index in [-0.39, 0.29) is 27.9 Å². The highest BCUT2D eigenvalue weighted by Gasteiger charge is 2.30. The lowest BCUT2D eigenvalue weighted by Crippen LogP contribution is -2.44. The standard InChI is InChI=1S/C15H18BrF2NO/c1-9-7-10(13(18)8-12(9)17)15(20)19(2)14-6-4-3-5-11(14)16/h7-8,11,14H,3-6H2,1-2H3. The number of carbonyl (C=O) groups is 1. The molecule has 0 radical (unpaired) electrons. The molecule has 1 aromatic carbocycles. The van der Waals surface area contributed by atoms with Crippen molar-refractivity contribution < 1.29 is 13.6 Å². The van der Waals surface area contributed by atoms with Crippen LogP contribution in [0.2, 0.25) is 0 Å². The van der Waals surface area contributed by atoms with Crippen LogP contribution in [0.25, 0.3) is 0 Å². The van der Waals surface area contributed by atoms with E-state index >= 15 is 0 Å². The van der Waals surface area contributed by atoms with Crippen molar-refractivity contribution in [3.8, 4) is 0 Å². The first-order valence-electron chi connectivity index (χ1n) is 6.78. The highest BCUT2D eigenvalue weighted by atomic mass is 79.9. The van der Waals surface area contributed by atoms with Crippen LogP contribution in [0.1, 0.15) is 41.6 Å². The Morgan fingerprint density at radius 1 is 1.25 bits per heavy atom. The molecule has 110 valence electrons. The highest BCUT2D eigenvalue weighted by molar-refractivity contribution is 9.09. The van der Waals surface area contributed by atoms with E-state index in [9.17, 15) is 13.6 Å². The Hall–Kier alpha value is -0.970. The summed E-state index contributed by atoms with van der Waals surface area (Å²) in [5.74, 6) is -1.81. The minimum absolute atomic E-state index is 0.0565. The zero-order chi connectivity index (χ0) is 14.9. The first-order valence-corrected chi connectivity index (χ1v) is 7.70. The second-order valence-corrected chi connectivity index (χ2v) is 6.54. The van der Waals surface area contributed by atoms with Gasteiger partial charge >= 0.3 is 0 Å². The fourth-order valence-corrected chi connectivity index (χ4v) is 3.61. The van der Waals surface area contributed by atoms with Gasteiger partial charge in [0.2, 0.25) is 0 Å². The Bertz CT molecular complexity index is 521. The van der Waals surface area contributed by atoms with Gasteiger partial charge in [-0.25, -0.2) is 8.78 Å². The van der Waals surface area contributed by atoms with Gasteiger partial charge in [0, 0.05) is 24.0 Å². The monoisotopic (exact) mass is 345 g/mol. The lowest BCUT2D eigenvalue weighted by Gasteiger charge is -2.35. The third-order valence-electron chi connectivity index (χ3n) is 3.94. The molecule has 1 amide bonds. The number of hydrogen-bond acceptors (Lipinski definition) is 1. The molecule has 0 saturated heterocycles. The minimum atomic E-state index is -0.799. The highest BCUT2D eigenvalue weighted by Crippen LogP contribution is 2.29. The van der Waals surface area contributed by atoms with Gasteiger partial charge in [0.25, 0.3) is 5.91 Å². The van der Waals surface area contributed by atoms with Gasteiger partial charge in [-0.05, 0) is 31.4 Å². The second kappa shape index (κ2) is 6.20. The van der Waals surface area contributed by atoms with Gasteiger partial charge in [-0.15, -0.1) is 0 Å². The molecule has 1 fully saturated rings. The molecule has 2 atom stereocenters. The van der Waals surface area contributed by atoms with Gasteiger partial charge in [-0.2, -0.15) is 0 Å².